The van der Waals surface area contributed by atoms with Crippen molar-refractivity contribution < 1.29 is 4.79 Å². The molecule has 3 heterocycles. The number of hydrogen-bond donors (Lipinski definition) is 1. The second kappa shape index (κ2) is 9.41. The molecule has 1 aromatic carbocycles. The summed E-state index contributed by atoms with van der Waals surface area (Å²) in [6, 6.07) is 13.0. The number of aromatic nitrogens is 3. The van der Waals surface area contributed by atoms with Crippen LogP contribution in [0.3, 0.4) is 0 Å². The zero-order chi connectivity index (χ0) is 20.1. The molecule has 9 heteroatoms. The van der Waals surface area contributed by atoms with Crippen molar-refractivity contribution >= 4 is 34.5 Å². The lowest BCUT2D eigenvalue weighted by atomic mass is 10.2. The standard InChI is InChI=1S/C20H21ClN6OS/c21-15-4-6-16(7-5-15)23-19(28)20-25-24-18(29-20)14-27-11-9-26(10-12-27)13-17-3-1-2-8-22-17/h1-8H,9-14H2,(H,23,28). The molecule has 0 spiro atoms. The Labute approximate surface area is 178 Å². The predicted molar refractivity (Wildman–Crippen MR) is 114 cm³/mol. The third-order valence-corrected chi connectivity index (χ3v) is 5.86. The number of hydrogen-bond acceptors (Lipinski definition) is 7. The van der Waals surface area contributed by atoms with E-state index in [2.05, 4.69) is 36.4 Å². The summed E-state index contributed by atoms with van der Waals surface area (Å²) in [6.07, 6.45) is 1.84. The summed E-state index contributed by atoms with van der Waals surface area (Å²) < 4.78 is 0. The fourth-order valence-electron chi connectivity index (χ4n) is 3.14. The number of amides is 1. The largest absolute Gasteiger partial charge is 0.320 e. The molecule has 0 atom stereocenters. The Morgan fingerprint density at radius 2 is 1.72 bits per heavy atom. The van der Waals surface area contributed by atoms with Crippen molar-refractivity contribution in [3.8, 4) is 0 Å². The molecule has 0 radical (unpaired) electrons. The number of nitrogens with zero attached hydrogens (tertiary/aromatic N) is 5. The van der Waals surface area contributed by atoms with Gasteiger partial charge in [-0.15, -0.1) is 10.2 Å². The van der Waals surface area contributed by atoms with Crippen LogP contribution in [0.2, 0.25) is 5.02 Å². The van der Waals surface area contributed by atoms with E-state index >= 15 is 0 Å². The molecule has 1 aliphatic rings. The second-order valence-electron chi connectivity index (χ2n) is 6.84. The third-order valence-electron chi connectivity index (χ3n) is 4.70. The summed E-state index contributed by atoms with van der Waals surface area (Å²) in [6.45, 7) is 5.47. The van der Waals surface area contributed by atoms with E-state index in [0.29, 0.717) is 22.3 Å². The van der Waals surface area contributed by atoms with Crippen LogP contribution in [0.15, 0.2) is 48.7 Å². The van der Waals surface area contributed by atoms with E-state index in [1.807, 2.05) is 18.3 Å². The number of benzene rings is 1. The van der Waals surface area contributed by atoms with Crippen LogP contribution in [0, 0.1) is 0 Å². The number of halogens is 1. The second-order valence-corrected chi connectivity index (χ2v) is 8.33. The molecule has 1 fully saturated rings. The molecule has 4 rings (SSSR count). The number of carbonyl (C=O) groups is 1. The van der Waals surface area contributed by atoms with E-state index in [-0.39, 0.29) is 5.91 Å². The average molecular weight is 429 g/mol. The lowest BCUT2D eigenvalue weighted by Crippen LogP contribution is -2.45. The highest BCUT2D eigenvalue weighted by atomic mass is 35.5. The van der Waals surface area contributed by atoms with Crippen LogP contribution in [0.4, 0.5) is 5.69 Å². The molecule has 2 aromatic heterocycles. The molecule has 0 saturated carbocycles. The monoisotopic (exact) mass is 428 g/mol. The first-order valence-electron chi connectivity index (χ1n) is 9.39. The van der Waals surface area contributed by atoms with Gasteiger partial charge >= 0.3 is 0 Å². The van der Waals surface area contributed by atoms with Crippen LogP contribution in [-0.4, -0.2) is 57.1 Å². The molecule has 150 valence electrons. The number of anilines is 1. The minimum atomic E-state index is -0.253. The Morgan fingerprint density at radius 1 is 1.00 bits per heavy atom. The lowest BCUT2D eigenvalue weighted by Gasteiger charge is -2.33. The number of carbonyl (C=O) groups excluding carboxylic acids is 1. The van der Waals surface area contributed by atoms with Crippen molar-refractivity contribution in [3.05, 3.63) is 69.4 Å². The summed E-state index contributed by atoms with van der Waals surface area (Å²) in [5.41, 5.74) is 1.78. The fraction of sp³-hybridized carbons (Fsp3) is 0.300. The first kappa shape index (κ1) is 19.9. The third kappa shape index (κ3) is 5.57. The normalized spacial score (nSPS) is 15.3. The van der Waals surface area contributed by atoms with E-state index in [1.54, 1.807) is 24.3 Å². The summed E-state index contributed by atoms with van der Waals surface area (Å²) in [4.78, 5) is 21.5. The van der Waals surface area contributed by atoms with Gasteiger partial charge in [-0.05, 0) is 36.4 Å². The first-order valence-corrected chi connectivity index (χ1v) is 10.6. The van der Waals surface area contributed by atoms with Crippen molar-refractivity contribution in [1.82, 2.24) is 25.0 Å². The highest BCUT2D eigenvalue weighted by Gasteiger charge is 2.20. The van der Waals surface area contributed by atoms with Gasteiger partial charge in [-0.25, -0.2) is 0 Å². The Morgan fingerprint density at radius 3 is 2.41 bits per heavy atom. The highest BCUT2D eigenvalue weighted by molar-refractivity contribution is 7.13. The maximum atomic E-state index is 12.4. The van der Waals surface area contributed by atoms with Gasteiger partial charge in [-0.3, -0.25) is 19.6 Å². The Kier molecular flexibility index (Phi) is 6.46. The Hall–Kier alpha value is -2.39. The zero-order valence-electron chi connectivity index (χ0n) is 15.8. The van der Waals surface area contributed by atoms with Gasteiger partial charge in [0.1, 0.15) is 5.01 Å². The van der Waals surface area contributed by atoms with Gasteiger partial charge in [0.2, 0.25) is 5.01 Å². The van der Waals surface area contributed by atoms with Gasteiger partial charge in [-0.1, -0.05) is 29.0 Å². The van der Waals surface area contributed by atoms with E-state index in [4.69, 9.17) is 11.6 Å². The lowest BCUT2D eigenvalue weighted by molar-refractivity contribution is 0.102. The SMILES string of the molecule is O=C(Nc1ccc(Cl)cc1)c1nnc(CN2CCN(Cc3ccccn3)CC2)s1. The molecule has 3 aromatic rings. The quantitative estimate of drug-likeness (QED) is 0.650. The van der Waals surface area contributed by atoms with Crippen molar-refractivity contribution in [2.45, 2.75) is 13.1 Å². The fourth-order valence-corrected chi connectivity index (χ4v) is 4.05. The van der Waals surface area contributed by atoms with Crippen LogP contribution in [0.1, 0.15) is 20.5 Å². The zero-order valence-corrected chi connectivity index (χ0v) is 17.4. The number of pyridine rings is 1. The molecular formula is C20H21ClN6OS. The highest BCUT2D eigenvalue weighted by Crippen LogP contribution is 2.18. The minimum absolute atomic E-state index is 0.253. The number of piperazine rings is 1. The summed E-state index contributed by atoms with van der Waals surface area (Å²) >= 11 is 7.20. The van der Waals surface area contributed by atoms with Gasteiger partial charge in [0.15, 0.2) is 0 Å². The summed E-state index contributed by atoms with van der Waals surface area (Å²) in [7, 11) is 0. The predicted octanol–water partition coefficient (Wildman–Crippen LogP) is 3.16. The van der Waals surface area contributed by atoms with Crippen molar-refractivity contribution in [3.63, 3.8) is 0 Å². The molecule has 29 heavy (non-hydrogen) atoms. The van der Waals surface area contributed by atoms with Crippen molar-refractivity contribution in [2.75, 3.05) is 31.5 Å². The topological polar surface area (TPSA) is 74.2 Å². The molecule has 0 unspecified atom stereocenters. The maximum Gasteiger partial charge on any atom is 0.286 e. The Balaban J connectivity index is 1.26. The van der Waals surface area contributed by atoms with Crippen molar-refractivity contribution in [1.29, 1.82) is 0 Å². The molecule has 0 aliphatic carbocycles. The molecule has 1 aliphatic heterocycles. The van der Waals surface area contributed by atoms with Gasteiger partial charge in [0.05, 0.1) is 12.2 Å². The van der Waals surface area contributed by atoms with E-state index in [0.717, 1.165) is 43.4 Å². The van der Waals surface area contributed by atoms with E-state index < -0.39 is 0 Å². The Bertz CT molecular complexity index is 941. The van der Waals surface area contributed by atoms with E-state index in [1.165, 1.54) is 11.3 Å². The molecule has 0 bridgehead atoms. The van der Waals surface area contributed by atoms with Gasteiger partial charge in [-0.2, -0.15) is 0 Å². The van der Waals surface area contributed by atoms with Gasteiger partial charge < -0.3 is 5.32 Å². The summed E-state index contributed by atoms with van der Waals surface area (Å²) in [5.74, 6) is -0.253. The smallest absolute Gasteiger partial charge is 0.286 e. The molecular weight excluding hydrogens is 408 g/mol. The van der Waals surface area contributed by atoms with Crippen LogP contribution < -0.4 is 5.32 Å². The van der Waals surface area contributed by atoms with Gasteiger partial charge in [0.25, 0.3) is 5.91 Å². The van der Waals surface area contributed by atoms with Crippen molar-refractivity contribution in [2.24, 2.45) is 0 Å². The first-order chi connectivity index (χ1) is 14.2. The average Bonchev–Trinajstić information content (AvgIpc) is 3.21. The minimum Gasteiger partial charge on any atom is -0.320 e. The van der Waals surface area contributed by atoms with Crippen LogP contribution in [0.5, 0.6) is 0 Å². The van der Waals surface area contributed by atoms with Crippen LogP contribution in [-0.2, 0) is 13.1 Å². The van der Waals surface area contributed by atoms with E-state index in [9.17, 15) is 4.79 Å². The molecule has 1 amide bonds. The van der Waals surface area contributed by atoms with Crippen LogP contribution in [0.25, 0.3) is 0 Å². The molecule has 7 nitrogen and oxygen atoms in total. The maximum absolute atomic E-state index is 12.4. The number of nitrogens with one attached hydrogen (secondary N) is 1. The molecule has 1 N–H and O–H groups in total. The van der Waals surface area contributed by atoms with Gasteiger partial charge in [0, 0.05) is 49.6 Å². The van der Waals surface area contributed by atoms with Crippen LogP contribution >= 0.6 is 22.9 Å². The summed E-state index contributed by atoms with van der Waals surface area (Å²) in [5, 5.41) is 12.9. The number of rotatable bonds is 6. The molecule has 1 saturated heterocycles.